The first-order valence-corrected chi connectivity index (χ1v) is 9.84. The zero-order valence-electron chi connectivity index (χ0n) is 15.0. The van der Waals surface area contributed by atoms with E-state index in [1.807, 2.05) is 0 Å². The summed E-state index contributed by atoms with van der Waals surface area (Å²) >= 11 is 5.99. The molecule has 1 saturated carbocycles. The van der Waals surface area contributed by atoms with Gasteiger partial charge < -0.3 is 5.32 Å². The van der Waals surface area contributed by atoms with Gasteiger partial charge in [-0.15, -0.1) is 0 Å². The number of nitrogens with one attached hydrogen (secondary N) is 1. The molecule has 1 aliphatic carbocycles. The van der Waals surface area contributed by atoms with Crippen LogP contribution in [0.15, 0.2) is 42.6 Å². The molecule has 1 fully saturated rings. The molecule has 2 heterocycles. The van der Waals surface area contributed by atoms with Crippen LogP contribution in [0.1, 0.15) is 60.6 Å². The van der Waals surface area contributed by atoms with Crippen LogP contribution in [0.4, 0.5) is 5.69 Å². The van der Waals surface area contributed by atoms with Crippen molar-refractivity contribution in [1.82, 2.24) is 10.3 Å². The summed E-state index contributed by atoms with van der Waals surface area (Å²) in [5, 5.41) is 3.75. The minimum atomic E-state index is -0.404. The molecule has 0 spiro atoms. The predicted octanol–water partition coefficient (Wildman–Crippen LogP) is 4.28. The number of nitrogens with zero attached hydrogens (tertiary/aromatic N) is 2. The van der Waals surface area contributed by atoms with Gasteiger partial charge in [0.05, 0.1) is 23.7 Å². The highest BCUT2D eigenvalue weighted by Crippen LogP contribution is 2.38. The number of benzene rings is 1. The minimum absolute atomic E-state index is 0.0304. The van der Waals surface area contributed by atoms with E-state index in [2.05, 4.69) is 10.3 Å². The van der Waals surface area contributed by atoms with E-state index in [0.29, 0.717) is 16.3 Å². The van der Waals surface area contributed by atoms with Crippen molar-refractivity contribution in [2.24, 2.45) is 0 Å². The van der Waals surface area contributed by atoms with Crippen LogP contribution in [-0.2, 0) is 4.79 Å². The lowest BCUT2D eigenvalue weighted by molar-refractivity contribution is -0.122. The fraction of sp³-hybridized carbons (Fsp3) is 0.381. The van der Waals surface area contributed by atoms with Gasteiger partial charge in [-0.05, 0) is 49.2 Å². The number of hydrogen-bond acceptors (Lipinski definition) is 3. The number of amides is 2. The molecule has 1 aliphatic heterocycles. The molecule has 2 aliphatic rings. The normalized spacial score (nSPS) is 19.8. The SMILES string of the molecule is O=C(CC1c2ncccc2C(=O)N1c1ccc(Cl)cc1)NC1CCCCC1. The molecular formula is C21H22ClN3O2. The largest absolute Gasteiger partial charge is 0.353 e. The van der Waals surface area contributed by atoms with Gasteiger partial charge in [0.25, 0.3) is 5.91 Å². The zero-order valence-corrected chi connectivity index (χ0v) is 15.8. The average molecular weight is 384 g/mol. The van der Waals surface area contributed by atoms with Crippen LogP contribution in [0, 0.1) is 0 Å². The summed E-state index contributed by atoms with van der Waals surface area (Å²) < 4.78 is 0. The quantitative estimate of drug-likeness (QED) is 0.857. The van der Waals surface area contributed by atoms with Crippen molar-refractivity contribution in [2.45, 2.75) is 50.6 Å². The lowest BCUT2D eigenvalue weighted by atomic mass is 9.95. The monoisotopic (exact) mass is 383 g/mol. The fourth-order valence-corrected chi connectivity index (χ4v) is 4.18. The molecule has 1 aromatic heterocycles. The maximum atomic E-state index is 13.0. The zero-order chi connectivity index (χ0) is 18.8. The van der Waals surface area contributed by atoms with Gasteiger partial charge in [0, 0.05) is 22.9 Å². The number of fused-ring (bicyclic) bond motifs is 1. The molecule has 6 heteroatoms. The molecule has 5 nitrogen and oxygen atoms in total. The van der Waals surface area contributed by atoms with Crippen molar-refractivity contribution in [3.05, 3.63) is 58.9 Å². The molecule has 0 saturated heterocycles. The van der Waals surface area contributed by atoms with E-state index < -0.39 is 6.04 Å². The number of hydrogen-bond donors (Lipinski definition) is 1. The summed E-state index contributed by atoms with van der Waals surface area (Å²) in [5.41, 5.74) is 1.94. The molecule has 1 N–H and O–H groups in total. The second-order valence-corrected chi connectivity index (χ2v) is 7.65. The van der Waals surface area contributed by atoms with Gasteiger partial charge in [-0.3, -0.25) is 19.5 Å². The molecule has 27 heavy (non-hydrogen) atoms. The van der Waals surface area contributed by atoms with E-state index in [0.717, 1.165) is 31.4 Å². The van der Waals surface area contributed by atoms with Gasteiger partial charge >= 0.3 is 0 Å². The number of carbonyl (C=O) groups is 2. The summed E-state index contributed by atoms with van der Waals surface area (Å²) in [7, 11) is 0. The molecule has 140 valence electrons. The Kier molecular flexibility index (Phi) is 5.12. The Morgan fingerprint density at radius 3 is 2.63 bits per heavy atom. The number of rotatable bonds is 4. The fourth-order valence-electron chi connectivity index (χ4n) is 4.05. The Morgan fingerprint density at radius 1 is 1.15 bits per heavy atom. The van der Waals surface area contributed by atoms with E-state index in [1.54, 1.807) is 47.5 Å². The number of anilines is 1. The number of aromatic nitrogens is 1. The lowest BCUT2D eigenvalue weighted by Gasteiger charge is -2.27. The smallest absolute Gasteiger partial charge is 0.260 e. The first-order chi connectivity index (χ1) is 13.1. The third kappa shape index (κ3) is 3.69. The molecule has 1 aromatic carbocycles. The van der Waals surface area contributed by atoms with Crippen LogP contribution in [0.3, 0.4) is 0 Å². The highest BCUT2D eigenvalue weighted by atomic mass is 35.5. The lowest BCUT2D eigenvalue weighted by Crippen LogP contribution is -2.39. The number of pyridine rings is 1. The Bertz CT molecular complexity index is 847. The van der Waals surface area contributed by atoms with Crippen LogP contribution < -0.4 is 10.2 Å². The van der Waals surface area contributed by atoms with Gasteiger partial charge in [-0.2, -0.15) is 0 Å². The summed E-state index contributed by atoms with van der Waals surface area (Å²) in [6, 6.07) is 10.5. The van der Waals surface area contributed by atoms with E-state index in [-0.39, 0.29) is 24.3 Å². The van der Waals surface area contributed by atoms with Gasteiger partial charge in [-0.1, -0.05) is 30.9 Å². The van der Waals surface area contributed by atoms with E-state index in [4.69, 9.17) is 11.6 Å². The maximum absolute atomic E-state index is 13.0. The molecular weight excluding hydrogens is 362 g/mol. The van der Waals surface area contributed by atoms with Gasteiger partial charge in [-0.25, -0.2) is 0 Å². The van der Waals surface area contributed by atoms with Crippen LogP contribution in [0.5, 0.6) is 0 Å². The van der Waals surface area contributed by atoms with Gasteiger partial charge in [0.15, 0.2) is 0 Å². The Morgan fingerprint density at radius 2 is 1.89 bits per heavy atom. The standard InChI is InChI=1S/C21H22ClN3O2/c22-14-8-10-16(11-9-14)25-18(20-17(21(25)27)7-4-12-23-20)13-19(26)24-15-5-2-1-3-6-15/h4,7-12,15,18H,1-3,5-6,13H2,(H,24,26). The first-order valence-electron chi connectivity index (χ1n) is 9.47. The van der Waals surface area contributed by atoms with Crippen molar-refractivity contribution in [3.8, 4) is 0 Å². The Hall–Kier alpha value is -2.40. The van der Waals surface area contributed by atoms with Crippen molar-refractivity contribution < 1.29 is 9.59 Å². The summed E-state index contributed by atoms with van der Waals surface area (Å²) in [4.78, 5) is 31.8. The Balaban J connectivity index is 1.59. The first kappa shape index (κ1) is 18.0. The van der Waals surface area contributed by atoms with Crippen LogP contribution in [0.25, 0.3) is 0 Å². The predicted molar refractivity (Wildman–Crippen MR) is 105 cm³/mol. The number of carbonyl (C=O) groups excluding carboxylic acids is 2. The van der Waals surface area contributed by atoms with Gasteiger partial charge in [0.1, 0.15) is 0 Å². The van der Waals surface area contributed by atoms with Gasteiger partial charge in [0.2, 0.25) is 5.91 Å². The summed E-state index contributed by atoms with van der Waals surface area (Å²) in [6.45, 7) is 0. The van der Waals surface area contributed by atoms with Crippen molar-refractivity contribution >= 4 is 29.1 Å². The topological polar surface area (TPSA) is 62.3 Å². The molecule has 1 atom stereocenters. The van der Waals surface area contributed by atoms with Crippen LogP contribution in [-0.4, -0.2) is 22.8 Å². The molecule has 2 amide bonds. The van der Waals surface area contributed by atoms with E-state index >= 15 is 0 Å². The van der Waals surface area contributed by atoms with Crippen LogP contribution >= 0.6 is 11.6 Å². The number of halogens is 1. The van der Waals surface area contributed by atoms with Crippen molar-refractivity contribution in [3.63, 3.8) is 0 Å². The molecule has 0 bridgehead atoms. The van der Waals surface area contributed by atoms with Crippen molar-refractivity contribution in [2.75, 3.05) is 4.90 Å². The van der Waals surface area contributed by atoms with E-state index in [1.165, 1.54) is 6.42 Å². The van der Waals surface area contributed by atoms with Crippen LogP contribution in [0.2, 0.25) is 5.02 Å². The molecule has 0 radical (unpaired) electrons. The second kappa shape index (κ2) is 7.69. The Labute approximate surface area is 163 Å². The summed E-state index contributed by atoms with van der Waals surface area (Å²) in [5.74, 6) is -0.159. The average Bonchev–Trinajstić information content (AvgIpc) is 2.96. The minimum Gasteiger partial charge on any atom is -0.353 e. The highest BCUT2D eigenvalue weighted by Gasteiger charge is 2.40. The summed E-state index contributed by atoms with van der Waals surface area (Å²) in [6.07, 6.45) is 7.50. The maximum Gasteiger partial charge on any atom is 0.260 e. The van der Waals surface area contributed by atoms with E-state index in [9.17, 15) is 9.59 Å². The molecule has 4 rings (SSSR count). The molecule has 2 aromatic rings. The molecule has 1 unspecified atom stereocenters. The second-order valence-electron chi connectivity index (χ2n) is 7.21. The third-order valence-electron chi connectivity index (χ3n) is 5.37. The van der Waals surface area contributed by atoms with Crippen molar-refractivity contribution in [1.29, 1.82) is 0 Å². The highest BCUT2D eigenvalue weighted by molar-refractivity contribution is 6.30. The third-order valence-corrected chi connectivity index (χ3v) is 5.62.